The van der Waals surface area contributed by atoms with Crippen molar-refractivity contribution in [3.63, 3.8) is 0 Å². The highest BCUT2D eigenvalue weighted by Gasteiger charge is 1.88. The van der Waals surface area contributed by atoms with Gasteiger partial charge in [0.1, 0.15) is 0 Å². The van der Waals surface area contributed by atoms with Gasteiger partial charge < -0.3 is 0 Å². The maximum absolute atomic E-state index is 4.17. The zero-order chi connectivity index (χ0) is 7.56. The van der Waals surface area contributed by atoms with Gasteiger partial charge >= 0.3 is 0 Å². The topological polar surface area (TPSA) is 30.2 Å². The van der Waals surface area contributed by atoms with Crippen LogP contribution in [0.1, 0.15) is 5.69 Å². The van der Waals surface area contributed by atoms with Gasteiger partial charge in [-0.1, -0.05) is 0 Å². The van der Waals surface area contributed by atoms with Gasteiger partial charge in [-0.05, 0) is 13.0 Å². The summed E-state index contributed by atoms with van der Waals surface area (Å²) >= 11 is 4.07. The number of halogens is 2. The molecule has 0 saturated carbocycles. The summed E-state index contributed by atoms with van der Waals surface area (Å²) in [5.41, 5.74) is 1.73. The maximum Gasteiger partial charge on any atom is 0.244 e. The highest BCUT2D eigenvalue weighted by molar-refractivity contribution is 14.1. The summed E-state index contributed by atoms with van der Waals surface area (Å²) in [6.45, 7) is 1.95. The molecular formula is C5H5I2N3. The Labute approximate surface area is 86.6 Å². The quantitative estimate of drug-likeness (QED) is 0.647. The van der Waals surface area contributed by atoms with E-state index >= 15 is 0 Å². The molecule has 0 amide bonds. The van der Waals surface area contributed by atoms with Crippen molar-refractivity contribution in [3.05, 3.63) is 23.6 Å². The van der Waals surface area contributed by atoms with E-state index in [2.05, 4.69) is 31.1 Å². The lowest BCUT2D eigenvalue weighted by Gasteiger charge is -1.94. The largest absolute Gasteiger partial charge is 0.258 e. The summed E-state index contributed by atoms with van der Waals surface area (Å²) in [6, 6.07) is 1.94. The number of hydrogen-bond donors (Lipinski definition) is 0. The van der Waals surface area contributed by atoms with Gasteiger partial charge in [-0.2, -0.15) is 3.21 Å². The first-order valence-corrected chi connectivity index (χ1v) is 4.54. The molecule has 1 heterocycles. The number of rotatable bonds is 0. The van der Waals surface area contributed by atoms with Gasteiger partial charge in [0.25, 0.3) is 0 Å². The van der Waals surface area contributed by atoms with Crippen LogP contribution in [0.5, 0.6) is 0 Å². The molecule has 1 aromatic heterocycles. The fraction of sp³-hybridized carbons (Fsp3) is 0.200. The molecule has 10 heavy (non-hydrogen) atoms. The summed E-state index contributed by atoms with van der Waals surface area (Å²) in [6.07, 6.45) is 1.93. The van der Waals surface area contributed by atoms with E-state index in [0.29, 0.717) is 0 Å². The molecule has 1 aromatic rings. The molecule has 0 radical (unpaired) electrons. The lowest BCUT2D eigenvalue weighted by atomic mass is 10.5. The molecular weight excluding hydrogens is 356 g/mol. The van der Waals surface area contributed by atoms with E-state index in [1.165, 1.54) is 0 Å². The zero-order valence-electron chi connectivity index (χ0n) is 5.25. The van der Waals surface area contributed by atoms with Crippen LogP contribution in [0, 0.1) is 6.92 Å². The Hall–Kier alpha value is 0.340. The van der Waals surface area contributed by atoms with Gasteiger partial charge in [0.2, 0.25) is 5.62 Å². The van der Waals surface area contributed by atoms with E-state index in [-0.39, 0.29) is 0 Å². The molecule has 0 spiro atoms. The van der Waals surface area contributed by atoms with Crippen LogP contribution >= 0.6 is 45.7 Å². The molecule has 0 N–H and O–H groups in total. The second-order valence-electron chi connectivity index (χ2n) is 1.76. The van der Waals surface area contributed by atoms with Gasteiger partial charge in [0.15, 0.2) is 0 Å². The van der Waals surface area contributed by atoms with Gasteiger partial charge in [-0.3, -0.25) is 2.78 Å². The van der Waals surface area contributed by atoms with E-state index in [1.54, 1.807) is 0 Å². The number of hydrogen-bond acceptors (Lipinski definition) is 2. The fourth-order valence-corrected chi connectivity index (χ4v) is 1.67. The summed E-state index contributed by atoms with van der Waals surface area (Å²) < 4.78 is 5.79. The third kappa shape index (κ3) is 1.91. The van der Waals surface area contributed by atoms with Crippen LogP contribution in [-0.4, -0.2) is 7.76 Å². The summed E-state index contributed by atoms with van der Waals surface area (Å²) in [7, 11) is 0. The third-order valence-electron chi connectivity index (χ3n) is 0.990. The smallest absolute Gasteiger partial charge is 0.244 e. The van der Waals surface area contributed by atoms with Gasteiger partial charge in [0, 0.05) is 11.9 Å². The van der Waals surface area contributed by atoms with Gasteiger partial charge in [0.05, 0.1) is 45.7 Å². The van der Waals surface area contributed by atoms with E-state index in [9.17, 15) is 0 Å². The van der Waals surface area contributed by atoms with E-state index in [4.69, 9.17) is 0 Å². The molecule has 0 bridgehead atoms. The molecule has 0 aliphatic carbocycles. The lowest BCUT2D eigenvalue weighted by molar-refractivity contribution is 0.981. The average Bonchev–Trinajstić information content (AvgIpc) is 1.94. The van der Waals surface area contributed by atoms with Crippen molar-refractivity contribution in [1.29, 1.82) is 0 Å². The molecule has 0 saturated heterocycles. The zero-order valence-corrected chi connectivity index (χ0v) is 9.57. The predicted octanol–water partition coefficient (Wildman–Crippen LogP) is 1.64. The molecule has 5 heteroatoms. The molecule has 0 atom stereocenters. The van der Waals surface area contributed by atoms with Crippen LogP contribution in [0.15, 0.2) is 15.5 Å². The highest BCUT2D eigenvalue weighted by atomic mass is 127. The summed E-state index contributed by atoms with van der Waals surface area (Å²) in [5.74, 6) is 0. The minimum atomic E-state index is 0.737. The van der Waals surface area contributed by atoms with Crippen molar-refractivity contribution < 1.29 is 0 Å². The normalized spacial score (nSPS) is 12.1. The van der Waals surface area contributed by atoms with E-state index in [0.717, 1.165) is 11.3 Å². The monoisotopic (exact) mass is 361 g/mol. The number of aryl methyl sites for hydroxylation is 1. The van der Waals surface area contributed by atoms with Crippen LogP contribution in [-0.2, 0) is 0 Å². The van der Waals surface area contributed by atoms with Crippen LogP contribution in [0.3, 0.4) is 0 Å². The minimum absolute atomic E-state index is 0.737. The van der Waals surface area contributed by atoms with Crippen molar-refractivity contribution >= 4 is 45.7 Å². The number of nitrogens with zero attached hydrogens (tertiary/aromatic N) is 3. The Morgan fingerprint density at radius 3 is 2.90 bits per heavy atom. The van der Waals surface area contributed by atoms with Crippen LogP contribution < -0.4 is 5.62 Å². The van der Waals surface area contributed by atoms with E-state index < -0.39 is 0 Å². The van der Waals surface area contributed by atoms with Crippen molar-refractivity contribution in [2.45, 2.75) is 6.92 Å². The highest BCUT2D eigenvalue weighted by Crippen LogP contribution is 1.91. The SMILES string of the molecule is Cc1ccn(I)/c(=N\I)n1. The first kappa shape index (κ1) is 8.44. The van der Waals surface area contributed by atoms with Crippen molar-refractivity contribution in [2.75, 3.05) is 0 Å². The second-order valence-corrected chi connectivity index (χ2v) is 3.29. The number of aromatic nitrogens is 2. The lowest BCUT2D eigenvalue weighted by Crippen LogP contribution is -2.16. The Kier molecular flexibility index (Phi) is 3.08. The minimum Gasteiger partial charge on any atom is -0.258 e. The predicted molar refractivity (Wildman–Crippen MR) is 56.0 cm³/mol. The van der Waals surface area contributed by atoms with Crippen molar-refractivity contribution in [1.82, 2.24) is 7.76 Å². The molecule has 0 aliphatic rings. The Morgan fingerprint density at radius 1 is 1.70 bits per heavy atom. The third-order valence-corrected chi connectivity index (χ3v) is 2.17. The standard InChI is InChI=1S/C5H5I2N3/c1-4-2-3-10(7)5(8-4)9-6/h2-3H,1H3/b9-5-. The molecule has 0 aliphatic heterocycles. The second kappa shape index (κ2) is 3.65. The molecule has 0 aromatic carbocycles. The van der Waals surface area contributed by atoms with Gasteiger partial charge in [-0.25, -0.2) is 4.98 Å². The first-order chi connectivity index (χ1) is 4.74. The molecule has 0 fully saturated rings. The van der Waals surface area contributed by atoms with Crippen LogP contribution in [0.2, 0.25) is 0 Å². The summed E-state index contributed by atoms with van der Waals surface area (Å²) in [4.78, 5) is 4.17. The molecule has 0 unspecified atom stereocenters. The van der Waals surface area contributed by atoms with Crippen molar-refractivity contribution in [3.8, 4) is 0 Å². The Morgan fingerprint density at radius 2 is 2.40 bits per heavy atom. The molecule has 54 valence electrons. The average molecular weight is 361 g/mol. The summed E-state index contributed by atoms with van der Waals surface area (Å²) in [5, 5.41) is 0. The maximum atomic E-state index is 4.17. The molecule has 1 rings (SSSR count). The van der Waals surface area contributed by atoms with Crippen LogP contribution in [0.25, 0.3) is 0 Å². The fourth-order valence-electron chi connectivity index (χ4n) is 0.538. The van der Waals surface area contributed by atoms with Crippen LogP contribution in [0.4, 0.5) is 0 Å². The Bertz CT molecular complexity index is 291. The molecule has 3 nitrogen and oxygen atoms in total. The first-order valence-electron chi connectivity index (χ1n) is 2.61. The van der Waals surface area contributed by atoms with Gasteiger partial charge in [-0.15, -0.1) is 0 Å². The van der Waals surface area contributed by atoms with Crippen molar-refractivity contribution in [2.24, 2.45) is 3.21 Å². The Balaban J connectivity index is 3.37. The van der Waals surface area contributed by atoms with E-state index in [1.807, 2.05) is 44.8 Å².